The van der Waals surface area contributed by atoms with Crippen molar-refractivity contribution in [2.45, 2.75) is 31.6 Å². The van der Waals surface area contributed by atoms with Crippen molar-refractivity contribution in [3.8, 4) is 11.4 Å². The summed E-state index contributed by atoms with van der Waals surface area (Å²) >= 11 is 8.04. The molecule has 6 heteroatoms. The fraction of sp³-hybridized carbons (Fsp3) is 0.333. The lowest BCUT2D eigenvalue weighted by atomic mass is 10.0. The van der Waals surface area contributed by atoms with Gasteiger partial charge in [-0.1, -0.05) is 24.4 Å². The van der Waals surface area contributed by atoms with E-state index in [0.29, 0.717) is 23.1 Å². The van der Waals surface area contributed by atoms with Gasteiger partial charge in [-0.05, 0) is 53.6 Å². The summed E-state index contributed by atoms with van der Waals surface area (Å²) in [5, 5.41) is 0.0654. The lowest BCUT2D eigenvalue weighted by Gasteiger charge is -2.14. The minimum Gasteiger partial charge on any atom is -0.383 e. The topological polar surface area (TPSA) is 51.8 Å². The molecule has 1 heterocycles. The van der Waals surface area contributed by atoms with Crippen molar-refractivity contribution >= 4 is 40.0 Å². The summed E-state index contributed by atoms with van der Waals surface area (Å²) in [4.78, 5) is 9.00. The van der Waals surface area contributed by atoms with Gasteiger partial charge in [-0.15, -0.1) is 0 Å². The average Bonchev–Trinajstić information content (AvgIpc) is 2.98. The predicted molar refractivity (Wildman–Crippen MR) is 90.8 cm³/mol. The number of hydrogen-bond acceptors (Lipinski definition) is 3. The predicted octanol–water partition coefficient (Wildman–Crippen LogP) is 4.78. The third kappa shape index (κ3) is 2.99. The summed E-state index contributed by atoms with van der Waals surface area (Å²) in [5.41, 5.74) is 7.72. The molecule has 1 saturated carbocycles. The highest BCUT2D eigenvalue weighted by atomic mass is 127. The van der Waals surface area contributed by atoms with Crippen LogP contribution in [0.1, 0.15) is 37.3 Å². The Morgan fingerprint density at radius 1 is 1.24 bits per heavy atom. The third-order valence-electron chi connectivity index (χ3n) is 3.82. The fourth-order valence-electron chi connectivity index (χ4n) is 2.72. The van der Waals surface area contributed by atoms with E-state index >= 15 is 0 Å². The van der Waals surface area contributed by atoms with Gasteiger partial charge in [0.1, 0.15) is 11.6 Å². The molecule has 21 heavy (non-hydrogen) atoms. The SMILES string of the molecule is Nc1nc(-c2ccc(F)c(Cl)c2)nc(C2CCCC2)c1I. The highest BCUT2D eigenvalue weighted by molar-refractivity contribution is 14.1. The summed E-state index contributed by atoms with van der Waals surface area (Å²) in [7, 11) is 0. The molecule has 1 aromatic heterocycles. The van der Waals surface area contributed by atoms with Crippen LogP contribution in [-0.2, 0) is 0 Å². The van der Waals surface area contributed by atoms with E-state index in [1.807, 2.05) is 0 Å². The minimum atomic E-state index is -0.449. The lowest BCUT2D eigenvalue weighted by molar-refractivity contribution is 0.628. The first kappa shape index (κ1) is 15.0. The highest BCUT2D eigenvalue weighted by Gasteiger charge is 2.23. The Labute approximate surface area is 141 Å². The van der Waals surface area contributed by atoms with E-state index in [2.05, 4.69) is 32.6 Å². The Kier molecular flexibility index (Phi) is 4.31. The van der Waals surface area contributed by atoms with Crippen LogP contribution in [0, 0.1) is 9.39 Å². The number of benzene rings is 1. The van der Waals surface area contributed by atoms with E-state index in [4.69, 9.17) is 17.3 Å². The van der Waals surface area contributed by atoms with Gasteiger partial charge in [-0.3, -0.25) is 0 Å². The van der Waals surface area contributed by atoms with E-state index in [9.17, 15) is 4.39 Å². The lowest BCUT2D eigenvalue weighted by Crippen LogP contribution is -2.08. The van der Waals surface area contributed by atoms with Crippen molar-refractivity contribution in [3.05, 3.63) is 38.3 Å². The molecule has 1 fully saturated rings. The van der Waals surface area contributed by atoms with Crippen LogP contribution < -0.4 is 5.73 Å². The maximum absolute atomic E-state index is 13.3. The standard InChI is InChI=1S/C15H14ClFIN3/c16-10-7-9(5-6-11(10)17)15-20-13(8-3-1-2-4-8)12(18)14(19)21-15/h5-8H,1-4H2,(H2,19,20,21). The second kappa shape index (κ2) is 6.04. The number of halogens is 3. The third-order valence-corrected chi connectivity index (χ3v) is 5.22. The van der Waals surface area contributed by atoms with Crippen LogP contribution in [0.4, 0.5) is 10.2 Å². The Morgan fingerprint density at radius 3 is 2.62 bits per heavy atom. The summed E-state index contributed by atoms with van der Waals surface area (Å²) in [6.45, 7) is 0. The maximum Gasteiger partial charge on any atom is 0.161 e. The van der Waals surface area contributed by atoms with E-state index in [1.165, 1.54) is 25.0 Å². The first-order valence-corrected chi connectivity index (χ1v) is 8.30. The molecule has 2 aromatic rings. The minimum absolute atomic E-state index is 0.0654. The van der Waals surface area contributed by atoms with Gasteiger partial charge in [-0.25, -0.2) is 14.4 Å². The van der Waals surface area contributed by atoms with E-state index < -0.39 is 5.82 Å². The quantitative estimate of drug-likeness (QED) is 0.716. The molecule has 0 radical (unpaired) electrons. The van der Waals surface area contributed by atoms with Crippen LogP contribution in [0.15, 0.2) is 18.2 Å². The summed E-state index contributed by atoms with van der Waals surface area (Å²) < 4.78 is 14.2. The molecule has 1 aliphatic rings. The van der Waals surface area contributed by atoms with Crippen LogP contribution in [-0.4, -0.2) is 9.97 Å². The normalized spacial score (nSPS) is 15.6. The zero-order valence-corrected chi connectivity index (χ0v) is 14.2. The van der Waals surface area contributed by atoms with Crippen LogP contribution in [0.5, 0.6) is 0 Å². The summed E-state index contributed by atoms with van der Waals surface area (Å²) in [5.74, 6) is 0.978. The molecule has 0 aliphatic heterocycles. The highest BCUT2D eigenvalue weighted by Crippen LogP contribution is 2.37. The van der Waals surface area contributed by atoms with Crippen LogP contribution >= 0.6 is 34.2 Å². The smallest absolute Gasteiger partial charge is 0.161 e. The average molecular weight is 418 g/mol. The number of nitrogens with zero attached hydrogens (tertiary/aromatic N) is 2. The zero-order chi connectivity index (χ0) is 15.0. The molecule has 0 amide bonds. The van der Waals surface area contributed by atoms with Crippen molar-refractivity contribution in [1.82, 2.24) is 9.97 Å². The van der Waals surface area contributed by atoms with Crippen molar-refractivity contribution in [3.63, 3.8) is 0 Å². The molecule has 110 valence electrons. The van der Waals surface area contributed by atoms with Crippen molar-refractivity contribution in [2.75, 3.05) is 5.73 Å². The van der Waals surface area contributed by atoms with Gasteiger partial charge in [0.15, 0.2) is 5.82 Å². The number of rotatable bonds is 2. The number of anilines is 1. The second-order valence-corrected chi connectivity index (χ2v) is 6.73. The Hall–Kier alpha value is -0.950. The number of hydrogen-bond donors (Lipinski definition) is 1. The molecule has 3 rings (SSSR count). The molecule has 1 aliphatic carbocycles. The zero-order valence-electron chi connectivity index (χ0n) is 11.2. The van der Waals surface area contributed by atoms with Gasteiger partial charge in [0, 0.05) is 11.5 Å². The summed E-state index contributed by atoms with van der Waals surface area (Å²) in [6.07, 6.45) is 4.72. The van der Waals surface area contributed by atoms with Gasteiger partial charge >= 0.3 is 0 Å². The fourth-order valence-corrected chi connectivity index (χ4v) is 3.58. The molecule has 0 spiro atoms. The van der Waals surface area contributed by atoms with Crippen LogP contribution in [0.25, 0.3) is 11.4 Å². The molecular weight excluding hydrogens is 404 g/mol. The molecular formula is C15H14ClFIN3. The first-order valence-electron chi connectivity index (χ1n) is 6.84. The van der Waals surface area contributed by atoms with Gasteiger partial charge < -0.3 is 5.73 Å². The molecule has 0 unspecified atom stereocenters. The molecule has 3 nitrogen and oxygen atoms in total. The van der Waals surface area contributed by atoms with Crippen molar-refractivity contribution in [2.24, 2.45) is 0 Å². The van der Waals surface area contributed by atoms with Gasteiger partial charge in [-0.2, -0.15) is 0 Å². The van der Waals surface area contributed by atoms with Gasteiger partial charge in [0.05, 0.1) is 14.3 Å². The monoisotopic (exact) mass is 417 g/mol. The number of nitrogen functional groups attached to an aromatic ring is 1. The molecule has 2 N–H and O–H groups in total. The van der Waals surface area contributed by atoms with Crippen LogP contribution in [0.3, 0.4) is 0 Å². The van der Waals surface area contributed by atoms with Gasteiger partial charge in [0.25, 0.3) is 0 Å². The maximum atomic E-state index is 13.3. The number of aromatic nitrogens is 2. The largest absolute Gasteiger partial charge is 0.383 e. The van der Waals surface area contributed by atoms with Crippen molar-refractivity contribution < 1.29 is 4.39 Å². The van der Waals surface area contributed by atoms with Gasteiger partial charge in [0.2, 0.25) is 0 Å². The molecule has 0 bridgehead atoms. The first-order chi connectivity index (χ1) is 10.1. The van der Waals surface area contributed by atoms with E-state index in [0.717, 1.165) is 22.1 Å². The Balaban J connectivity index is 2.08. The molecule has 0 atom stereocenters. The Morgan fingerprint density at radius 2 is 1.95 bits per heavy atom. The van der Waals surface area contributed by atoms with E-state index in [1.54, 1.807) is 6.07 Å². The second-order valence-electron chi connectivity index (χ2n) is 5.24. The molecule has 0 saturated heterocycles. The Bertz CT molecular complexity index is 687. The molecule has 1 aromatic carbocycles. The van der Waals surface area contributed by atoms with E-state index in [-0.39, 0.29) is 5.02 Å². The number of nitrogens with two attached hydrogens (primary N) is 1. The van der Waals surface area contributed by atoms with Crippen molar-refractivity contribution in [1.29, 1.82) is 0 Å². The van der Waals surface area contributed by atoms with Crippen LogP contribution in [0.2, 0.25) is 5.02 Å². The summed E-state index contributed by atoms with van der Waals surface area (Å²) in [6, 6.07) is 4.49.